The van der Waals surface area contributed by atoms with E-state index in [4.69, 9.17) is 17.0 Å². The average molecular weight is 396 g/mol. The van der Waals surface area contributed by atoms with Crippen LogP contribution in [0.5, 0.6) is 0 Å². The molecule has 0 fully saturated rings. The Labute approximate surface area is 170 Å². The maximum Gasteiger partial charge on any atom is 0.186 e. The van der Waals surface area contributed by atoms with Crippen LogP contribution in [-0.4, -0.2) is 40.1 Å². The fraction of sp³-hybridized carbons (Fsp3) is 0.286. The van der Waals surface area contributed by atoms with Crippen LogP contribution < -0.4 is 10.7 Å². The highest BCUT2D eigenvalue weighted by Crippen LogP contribution is 2.18. The van der Waals surface area contributed by atoms with E-state index in [1.807, 2.05) is 50.5 Å². The van der Waals surface area contributed by atoms with Crippen molar-refractivity contribution in [2.24, 2.45) is 5.10 Å². The second-order valence-corrected chi connectivity index (χ2v) is 6.67. The summed E-state index contributed by atoms with van der Waals surface area (Å²) in [6, 6.07) is 16.3. The van der Waals surface area contributed by atoms with Gasteiger partial charge in [0.25, 0.3) is 0 Å². The number of rotatable bonds is 8. The zero-order valence-corrected chi connectivity index (χ0v) is 17.0. The van der Waals surface area contributed by atoms with Crippen LogP contribution in [0.25, 0.3) is 16.7 Å². The van der Waals surface area contributed by atoms with E-state index in [-0.39, 0.29) is 0 Å². The number of hydrogen-bond donors (Lipinski definition) is 2. The standard InChI is InChI=1S/C21H25N5OS/c1-3-27-14-6-13-22-21(28)25-24-16(2)17-9-11-18(12-10-17)26-15-23-19-7-4-5-8-20(19)26/h4-5,7-12,15H,3,6,13-14H2,1-2H3,(H2,22,25,28)/b24-16-. The number of aromatic nitrogens is 2. The Morgan fingerprint density at radius 1 is 1.18 bits per heavy atom. The molecule has 0 saturated carbocycles. The first-order valence-corrected chi connectivity index (χ1v) is 9.78. The van der Waals surface area contributed by atoms with Gasteiger partial charge in [-0.3, -0.25) is 9.99 Å². The number of nitrogens with zero attached hydrogens (tertiary/aromatic N) is 3. The molecule has 28 heavy (non-hydrogen) atoms. The lowest BCUT2D eigenvalue weighted by Gasteiger charge is -2.09. The molecule has 0 aliphatic carbocycles. The summed E-state index contributed by atoms with van der Waals surface area (Å²) in [5.41, 5.74) is 7.91. The van der Waals surface area contributed by atoms with Crippen molar-refractivity contribution in [3.8, 4) is 5.69 Å². The van der Waals surface area contributed by atoms with Crippen LogP contribution in [0.1, 0.15) is 25.8 Å². The summed E-state index contributed by atoms with van der Waals surface area (Å²) >= 11 is 5.24. The molecule has 6 nitrogen and oxygen atoms in total. The number of fused-ring (bicyclic) bond motifs is 1. The monoisotopic (exact) mass is 395 g/mol. The summed E-state index contributed by atoms with van der Waals surface area (Å²) in [4.78, 5) is 4.44. The maximum atomic E-state index is 5.29. The van der Waals surface area contributed by atoms with Crippen LogP contribution in [0.4, 0.5) is 0 Å². The Kier molecular flexibility index (Phi) is 7.11. The fourth-order valence-corrected chi connectivity index (χ4v) is 2.94. The van der Waals surface area contributed by atoms with Crippen molar-refractivity contribution in [1.82, 2.24) is 20.3 Å². The largest absolute Gasteiger partial charge is 0.382 e. The number of benzene rings is 2. The van der Waals surface area contributed by atoms with Crippen LogP contribution in [0.3, 0.4) is 0 Å². The van der Waals surface area contributed by atoms with E-state index in [0.717, 1.165) is 54.2 Å². The molecule has 0 unspecified atom stereocenters. The van der Waals surface area contributed by atoms with Gasteiger partial charge in [-0.15, -0.1) is 0 Å². The molecule has 7 heteroatoms. The molecule has 0 aliphatic rings. The number of hydrogen-bond acceptors (Lipinski definition) is 4. The van der Waals surface area contributed by atoms with E-state index < -0.39 is 0 Å². The van der Waals surface area contributed by atoms with Crippen molar-refractivity contribution in [3.05, 3.63) is 60.4 Å². The summed E-state index contributed by atoms with van der Waals surface area (Å²) < 4.78 is 7.37. The molecule has 2 aromatic carbocycles. The first-order valence-electron chi connectivity index (χ1n) is 9.38. The van der Waals surface area contributed by atoms with E-state index in [1.54, 1.807) is 0 Å². The van der Waals surface area contributed by atoms with E-state index >= 15 is 0 Å². The highest BCUT2D eigenvalue weighted by Gasteiger charge is 2.05. The first-order chi connectivity index (χ1) is 13.7. The van der Waals surface area contributed by atoms with Gasteiger partial charge in [0.2, 0.25) is 0 Å². The second-order valence-electron chi connectivity index (χ2n) is 6.27. The molecule has 1 aromatic heterocycles. The zero-order chi connectivity index (χ0) is 19.8. The van der Waals surface area contributed by atoms with Gasteiger partial charge >= 0.3 is 0 Å². The van der Waals surface area contributed by atoms with Gasteiger partial charge in [-0.1, -0.05) is 24.3 Å². The van der Waals surface area contributed by atoms with E-state index in [0.29, 0.717) is 5.11 Å². The lowest BCUT2D eigenvalue weighted by atomic mass is 10.1. The van der Waals surface area contributed by atoms with Crippen LogP contribution >= 0.6 is 12.2 Å². The van der Waals surface area contributed by atoms with Gasteiger partial charge in [-0.25, -0.2) is 4.98 Å². The SMILES string of the molecule is CCOCCCNC(=S)N/N=C(/C)c1ccc(-n2cnc3ccccc32)cc1. The van der Waals surface area contributed by atoms with Gasteiger partial charge in [0.05, 0.1) is 16.7 Å². The molecule has 0 aliphatic heterocycles. The minimum atomic E-state index is 0.511. The molecule has 0 spiro atoms. The summed E-state index contributed by atoms with van der Waals surface area (Å²) in [5.74, 6) is 0. The molecule has 0 bridgehead atoms. The fourth-order valence-electron chi connectivity index (χ4n) is 2.79. The Morgan fingerprint density at radius 3 is 2.75 bits per heavy atom. The smallest absolute Gasteiger partial charge is 0.186 e. The van der Waals surface area contributed by atoms with Crippen molar-refractivity contribution in [2.45, 2.75) is 20.3 Å². The Hall–Kier alpha value is -2.77. The highest BCUT2D eigenvalue weighted by atomic mass is 32.1. The van der Waals surface area contributed by atoms with Gasteiger partial charge in [-0.05, 0) is 62.3 Å². The molecule has 0 saturated heterocycles. The molecule has 1 heterocycles. The van der Waals surface area contributed by atoms with Gasteiger partial charge in [0, 0.05) is 25.4 Å². The molecule has 3 aromatic rings. The minimum absolute atomic E-state index is 0.511. The summed E-state index contributed by atoms with van der Waals surface area (Å²) in [5, 5.41) is 7.99. The molecular formula is C21H25N5OS. The molecule has 0 radical (unpaired) electrons. The summed E-state index contributed by atoms with van der Waals surface area (Å²) in [6.45, 7) is 6.16. The number of thiocarbonyl (C=S) groups is 1. The molecule has 146 valence electrons. The van der Waals surface area contributed by atoms with Gasteiger partial charge in [-0.2, -0.15) is 5.10 Å². The number of nitrogens with one attached hydrogen (secondary N) is 2. The predicted molar refractivity (Wildman–Crippen MR) is 118 cm³/mol. The topological polar surface area (TPSA) is 63.5 Å². The van der Waals surface area contributed by atoms with Crippen LogP contribution in [0.2, 0.25) is 0 Å². The van der Waals surface area contributed by atoms with Crippen molar-refractivity contribution >= 4 is 34.1 Å². The lowest BCUT2D eigenvalue weighted by molar-refractivity contribution is 0.145. The molecule has 0 amide bonds. The molecular weight excluding hydrogens is 370 g/mol. The summed E-state index contributed by atoms with van der Waals surface area (Å²) in [7, 11) is 0. The van der Waals surface area contributed by atoms with E-state index in [1.165, 1.54) is 0 Å². The van der Waals surface area contributed by atoms with Crippen LogP contribution in [0.15, 0.2) is 60.0 Å². The van der Waals surface area contributed by atoms with E-state index in [9.17, 15) is 0 Å². The first kappa shape index (κ1) is 20.0. The Morgan fingerprint density at radius 2 is 1.96 bits per heavy atom. The van der Waals surface area contributed by atoms with Gasteiger partial charge in [0.15, 0.2) is 5.11 Å². The predicted octanol–water partition coefficient (Wildman–Crippen LogP) is 3.64. The maximum absolute atomic E-state index is 5.29. The van der Waals surface area contributed by atoms with Crippen molar-refractivity contribution in [1.29, 1.82) is 0 Å². The van der Waals surface area contributed by atoms with Gasteiger partial charge in [0.1, 0.15) is 6.33 Å². The quantitative estimate of drug-likeness (QED) is 0.264. The molecule has 0 atom stereocenters. The highest BCUT2D eigenvalue weighted by molar-refractivity contribution is 7.80. The third-order valence-electron chi connectivity index (χ3n) is 4.30. The Bertz CT molecular complexity index is 949. The van der Waals surface area contributed by atoms with Crippen molar-refractivity contribution in [3.63, 3.8) is 0 Å². The Balaban J connectivity index is 1.58. The normalized spacial score (nSPS) is 11.6. The minimum Gasteiger partial charge on any atom is -0.382 e. The third-order valence-corrected chi connectivity index (χ3v) is 4.53. The van der Waals surface area contributed by atoms with Crippen LogP contribution in [-0.2, 0) is 4.74 Å². The second kappa shape index (κ2) is 9.96. The molecule has 2 N–H and O–H groups in total. The number of ether oxygens (including phenoxy) is 1. The van der Waals surface area contributed by atoms with Gasteiger partial charge < -0.3 is 10.1 Å². The zero-order valence-electron chi connectivity index (χ0n) is 16.2. The number of hydrazone groups is 1. The summed E-state index contributed by atoms with van der Waals surface area (Å²) in [6.07, 6.45) is 2.75. The van der Waals surface area contributed by atoms with Crippen LogP contribution in [0, 0.1) is 0 Å². The average Bonchev–Trinajstić information content (AvgIpc) is 3.16. The number of para-hydroxylation sites is 2. The third kappa shape index (κ3) is 5.15. The van der Waals surface area contributed by atoms with Crippen molar-refractivity contribution in [2.75, 3.05) is 19.8 Å². The number of imidazole rings is 1. The lowest BCUT2D eigenvalue weighted by Crippen LogP contribution is -2.33. The van der Waals surface area contributed by atoms with E-state index in [2.05, 4.69) is 43.6 Å². The molecule has 3 rings (SSSR count). The van der Waals surface area contributed by atoms with Crippen molar-refractivity contribution < 1.29 is 4.74 Å².